The minimum atomic E-state index is -0.672. The summed E-state index contributed by atoms with van der Waals surface area (Å²) in [5.41, 5.74) is 3.78. The van der Waals surface area contributed by atoms with Gasteiger partial charge in [-0.3, -0.25) is 4.79 Å². The Morgan fingerprint density at radius 3 is 1.24 bits per heavy atom. The maximum absolute atomic E-state index is 10.8. The fourth-order valence-corrected chi connectivity index (χ4v) is 7.99. The third-order valence-electron chi connectivity index (χ3n) is 8.88. The van der Waals surface area contributed by atoms with Crippen LogP contribution in [0.2, 0.25) is 0 Å². The highest BCUT2D eigenvalue weighted by Crippen LogP contribution is 2.46. The Kier molecular flexibility index (Phi) is 22.5. The van der Waals surface area contributed by atoms with Gasteiger partial charge in [0.1, 0.15) is 11.5 Å². The summed E-state index contributed by atoms with van der Waals surface area (Å²) in [6.07, 6.45) is 22.8. The average Bonchev–Trinajstić information content (AvgIpc) is 3.00. The second-order valence-corrected chi connectivity index (χ2v) is 18.3. The van der Waals surface area contributed by atoms with Crippen LogP contribution in [0.3, 0.4) is 0 Å². The van der Waals surface area contributed by atoms with Crippen molar-refractivity contribution in [1.82, 2.24) is 0 Å². The molecule has 6 heteroatoms. The Morgan fingerprint density at radius 1 is 0.571 bits per heavy atom. The van der Waals surface area contributed by atoms with E-state index in [0.29, 0.717) is 17.9 Å². The predicted molar refractivity (Wildman–Crippen MR) is 216 cm³/mol. The molecular weight excluding hydrogens is 645 g/mol. The van der Waals surface area contributed by atoms with Gasteiger partial charge < -0.3 is 15.3 Å². The molecule has 0 bridgehead atoms. The molecule has 0 aromatic heterocycles. The molecule has 0 aliphatic heterocycles. The molecule has 2 aromatic carbocycles. The summed E-state index contributed by atoms with van der Waals surface area (Å²) in [4.78, 5) is 11.9. The van der Waals surface area contributed by atoms with Crippen molar-refractivity contribution in [3.8, 4) is 11.5 Å². The van der Waals surface area contributed by atoms with E-state index in [1.807, 2.05) is 38.1 Å². The summed E-state index contributed by atoms with van der Waals surface area (Å²) in [7, 11) is 0. The van der Waals surface area contributed by atoms with Crippen molar-refractivity contribution in [1.29, 1.82) is 0 Å². The number of carboxylic acids is 1. The quantitative estimate of drug-likeness (QED) is 0.105. The van der Waals surface area contributed by atoms with E-state index in [-0.39, 0.29) is 10.8 Å². The van der Waals surface area contributed by atoms with E-state index in [4.69, 9.17) is 5.11 Å². The molecule has 0 saturated carbocycles. The average molecular weight is 717 g/mol. The van der Waals surface area contributed by atoms with E-state index in [0.717, 1.165) is 43.6 Å². The maximum Gasteiger partial charge on any atom is 0.304 e. The molecule has 0 saturated heterocycles. The minimum Gasteiger partial charge on any atom is -0.506 e. The van der Waals surface area contributed by atoms with Crippen LogP contribution < -0.4 is 0 Å². The number of phenols is 2. The van der Waals surface area contributed by atoms with Crippen LogP contribution in [0.1, 0.15) is 180 Å². The summed E-state index contributed by atoms with van der Waals surface area (Å²) < 4.78 is 0. The smallest absolute Gasteiger partial charge is 0.304 e. The third-order valence-corrected chi connectivity index (χ3v) is 11.0. The van der Waals surface area contributed by atoms with Gasteiger partial charge in [-0.25, -0.2) is 0 Å². The van der Waals surface area contributed by atoms with Gasteiger partial charge in [-0.2, -0.15) is 11.8 Å². The van der Waals surface area contributed by atoms with Crippen LogP contribution in [0.5, 0.6) is 11.5 Å². The second kappa shape index (κ2) is 24.4. The fourth-order valence-electron chi connectivity index (χ4n) is 5.92. The molecular formula is C43H72O4S2. The molecule has 0 radical (unpaired) electrons. The van der Waals surface area contributed by atoms with Gasteiger partial charge in [0.05, 0.1) is 16.2 Å². The fraction of sp³-hybridized carbons (Fsp3) is 0.698. The Balaban J connectivity index is 0.000000491. The van der Waals surface area contributed by atoms with Crippen molar-refractivity contribution in [2.45, 2.75) is 192 Å². The van der Waals surface area contributed by atoms with E-state index in [2.05, 4.69) is 48.5 Å². The zero-order valence-electron chi connectivity index (χ0n) is 32.8. The van der Waals surface area contributed by atoms with Crippen molar-refractivity contribution in [2.24, 2.45) is 0 Å². The minimum absolute atomic E-state index is 0.142. The highest BCUT2D eigenvalue weighted by Gasteiger charge is 2.24. The molecule has 4 nitrogen and oxygen atoms in total. The van der Waals surface area contributed by atoms with Gasteiger partial charge in [0.2, 0.25) is 0 Å². The lowest BCUT2D eigenvalue weighted by Gasteiger charge is -2.24. The summed E-state index contributed by atoms with van der Waals surface area (Å²) in [6.45, 7) is 18.9. The zero-order valence-corrected chi connectivity index (χ0v) is 34.4. The molecule has 2 rings (SSSR count). The highest BCUT2D eigenvalue weighted by atomic mass is 32.2. The largest absolute Gasteiger partial charge is 0.506 e. The zero-order chi connectivity index (χ0) is 36.9. The number of unbranched alkanes of at least 4 members (excludes halogenated alkanes) is 15. The van der Waals surface area contributed by atoms with Gasteiger partial charge in [0.15, 0.2) is 0 Å². The summed E-state index contributed by atoms with van der Waals surface area (Å²) in [6, 6.07) is 8.04. The van der Waals surface area contributed by atoms with Crippen molar-refractivity contribution >= 4 is 29.5 Å². The molecule has 0 fully saturated rings. The standard InChI is InChI=1S/C22H30O2S.C21H42O2S/c1-13-9-15(21(3,4)5)19(23)17(11-13)25-18-12-14(2)10-16(20(18)24)22(6,7)8;1-2-3-4-5-6-7-8-9-10-11-12-13-14-15-16-17-19-24-20-18-21(22)23/h9-12,23-24H,1-8H3;2-20H2,1H3,(H,22,23). The summed E-state index contributed by atoms with van der Waals surface area (Å²) in [5, 5.41) is 30.1. The lowest BCUT2D eigenvalue weighted by atomic mass is 9.85. The Bertz CT molecular complexity index is 1140. The summed E-state index contributed by atoms with van der Waals surface area (Å²) in [5.74, 6) is 1.84. The number of carbonyl (C=O) groups is 1. The second-order valence-electron chi connectivity index (χ2n) is 16.0. The lowest BCUT2D eigenvalue weighted by molar-refractivity contribution is -0.136. The van der Waals surface area contributed by atoms with E-state index < -0.39 is 5.97 Å². The van der Waals surface area contributed by atoms with Gasteiger partial charge in [-0.05, 0) is 60.1 Å². The predicted octanol–water partition coefficient (Wildman–Crippen LogP) is 13.9. The number of carboxylic acid groups (broad SMARTS) is 1. The SMILES string of the molecule is CCCCCCCCCCCCCCCCCCSCCC(=O)O.Cc1cc(Sc2cc(C)cc(C(C)(C)C)c2O)c(O)c(C(C)(C)C)c1. The van der Waals surface area contributed by atoms with E-state index in [1.165, 1.54) is 114 Å². The maximum atomic E-state index is 10.8. The van der Waals surface area contributed by atoms with Crippen LogP contribution in [0.4, 0.5) is 0 Å². The number of aliphatic carboxylic acids is 1. The Hall–Kier alpha value is -1.79. The van der Waals surface area contributed by atoms with Gasteiger partial charge >= 0.3 is 5.97 Å². The highest BCUT2D eigenvalue weighted by molar-refractivity contribution is 7.99. The van der Waals surface area contributed by atoms with Gasteiger partial charge in [-0.15, -0.1) is 0 Å². The van der Waals surface area contributed by atoms with Crippen LogP contribution >= 0.6 is 23.5 Å². The first-order valence-corrected chi connectivity index (χ1v) is 21.2. The van der Waals surface area contributed by atoms with Crippen molar-refractivity contribution < 1.29 is 20.1 Å². The van der Waals surface area contributed by atoms with Crippen molar-refractivity contribution in [2.75, 3.05) is 11.5 Å². The van der Waals surface area contributed by atoms with Crippen LogP contribution in [0.15, 0.2) is 34.1 Å². The normalized spacial score (nSPS) is 11.8. The van der Waals surface area contributed by atoms with E-state index in [9.17, 15) is 15.0 Å². The van der Waals surface area contributed by atoms with Crippen LogP contribution in [0.25, 0.3) is 0 Å². The number of hydrogen-bond donors (Lipinski definition) is 3. The number of aromatic hydroxyl groups is 2. The molecule has 0 aliphatic carbocycles. The number of hydrogen-bond acceptors (Lipinski definition) is 5. The monoisotopic (exact) mass is 716 g/mol. The molecule has 0 amide bonds. The van der Waals surface area contributed by atoms with Gasteiger partial charge in [-0.1, -0.05) is 169 Å². The number of thioether (sulfide) groups is 1. The number of benzene rings is 2. The topological polar surface area (TPSA) is 77.8 Å². The molecule has 0 unspecified atom stereocenters. The molecule has 0 spiro atoms. The third kappa shape index (κ3) is 20.0. The number of rotatable bonds is 22. The molecule has 3 N–H and O–H groups in total. The number of aryl methyl sites for hydroxylation is 2. The van der Waals surface area contributed by atoms with Gasteiger partial charge in [0.25, 0.3) is 0 Å². The Labute approximate surface area is 310 Å². The van der Waals surface area contributed by atoms with Crippen LogP contribution in [-0.4, -0.2) is 32.8 Å². The molecule has 0 atom stereocenters. The van der Waals surface area contributed by atoms with Crippen LogP contribution in [0, 0.1) is 13.8 Å². The first-order chi connectivity index (χ1) is 23.1. The van der Waals surface area contributed by atoms with E-state index in [1.54, 1.807) is 11.8 Å². The molecule has 280 valence electrons. The molecule has 0 heterocycles. The van der Waals surface area contributed by atoms with Gasteiger partial charge in [0, 0.05) is 16.9 Å². The summed E-state index contributed by atoms with van der Waals surface area (Å²) >= 11 is 3.22. The molecule has 0 aliphatic rings. The first-order valence-electron chi connectivity index (χ1n) is 19.2. The number of phenolic OH excluding ortho intramolecular Hbond substituents is 2. The lowest BCUT2D eigenvalue weighted by Crippen LogP contribution is -2.12. The van der Waals surface area contributed by atoms with Crippen molar-refractivity contribution in [3.63, 3.8) is 0 Å². The van der Waals surface area contributed by atoms with Crippen LogP contribution in [-0.2, 0) is 15.6 Å². The van der Waals surface area contributed by atoms with Crippen molar-refractivity contribution in [3.05, 3.63) is 46.5 Å². The Morgan fingerprint density at radius 2 is 0.918 bits per heavy atom. The molecule has 49 heavy (non-hydrogen) atoms. The first kappa shape index (κ1) is 45.2. The molecule has 2 aromatic rings. The van der Waals surface area contributed by atoms with E-state index >= 15 is 0 Å².